The molecule has 0 aliphatic carbocycles. The van der Waals surface area contributed by atoms with Gasteiger partial charge in [0, 0.05) is 6.20 Å². The van der Waals surface area contributed by atoms with E-state index in [4.69, 9.17) is 0 Å². The average Bonchev–Trinajstić information content (AvgIpc) is 2.74. The van der Waals surface area contributed by atoms with E-state index in [1.54, 1.807) is 0 Å². The highest BCUT2D eigenvalue weighted by molar-refractivity contribution is 5.32. The number of hydrogen-bond acceptors (Lipinski definition) is 2. The van der Waals surface area contributed by atoms with Gasteiger partial charge in [-0.2, -0.15) is 5.10 Å². The normalized spacial score (nSPS) is 12.6. The minimum absolute atomic E-state index is 0.310. The minimum Gasteiger partial charge on any atom is -0.309 e. The van der Waals surface area contributed by atoms with E-state index >= 15 is 0 Å². The first-order valence-corrected chi connectivity index (χ1v) is 6.90. The van der Waals surface area contributed by atoms with Crippen LogP contribution in [-0.2, 0) is 6.54 Å². The zero-order chi connectivity index (χ0) is 13.8. The third-order valence-corrected chi connectivity index (χ3v) is 3.39. The molecule has 0 aliphatic rings. The van der Waals surface area contributed by atoms with Crippen LogP contribution in [0.4, 0.5) is 0 Å². The molecule has 0 amide bonds. The van der Waals surface area contributed by atoms with E-state index in [1.165, 1.54) is 16.7 Å². The largest absolute Gasteiger partial charge is 0.309 e. The third-order valence-electron chi connectivity index (χ3n) is 3.39. The molecule has 0 radical (unpaired) electrons. The first kappa shape index (κ1) is 13.8. The molecule has 0 bridgehead atoms. The molecule has 0 fully saturated rings. The maximum Gasteiger partial charge on any atom is 0.0604 e. The van der Waals surface area contributed by atoms with E-state index in [2.05, 4.69) is 49.4 Å². The van der Waals surface area contributed by atoms with Crippen molar-refractivity contribution < 1.29 is 0 Å². The molecule has 1 aromatic carbocycles. The van der Waals surface area contributed by atoms with Crippen molar-refractivity contribution in [3.05, 3.63) is 52.8 Å². The predicted molar refractivity (Wildman–Crippen MR) is 79.3 cm³/mol. The van der Waals surface area contributed by atoms with Crippen LogP contribution in [0.5, 0.6) is 0 Å². The van der Waals surface area contributed by atoms with Gasteiger partial charge >= 0.3 is 0 Å². The second-order valence-electron chi connectivity index (χ2n) is 5.15. The van der Waals surface area contributed by atoms with Gasteiger partial charge in [-0.3, -0.25) is 4.68 Å². The molecule has 3 nitrogen and oxygen atoms in total. The van der Waals surface area contributed by atoms with Gasteiger partial charge in [-0.05, 0) is 44.5 Å². The Bertz CT molecular complexity index is 543. The summed E-state index contributed by atoms with van der Waals surface area (Å²) >= 11 is 0. The Balaban J connectivity index is 2.23. The summed E-state index contributed by atoms with van der Waals surface area (Å²) in [7, 11) is 0. The first-order valence-electron chi connectivity index (χ1n) is 6.90. The lowest BCUT2D eigenvalue weighted by Crippen LogP contribution is -2.26. The van der Waals surface area contributed by atoms with Gasteiger partial charge in [0.1, 0.15) is 0 Å². The van der Waals surface area contributed by atoms with Crippen molar-refractivity contribution >= 4 is 0 Å². The number of hydrogen-bond donors (Lipinski definition) is 1. The summed E-state index contributed by atoms with van der Waals surface area (Å²) in [4.78, 5) is 0. The molecule has 0 aliphatic heterocycles. The number of benzene rings is 1. The summed E-state index contributed by atoms with van der Waals surface area (Å²) in [6, 6.07) is 9.01. The predicted octanol–water partition coefficient (Wildman–Crippen LogP) is 3.16. The van der Waals surface area contributed by atoms with Crippen molar-refractivity contribution in [2.45, 2.75) is 40.3 Å². The lowest BCUT2D eigenvalue weighted by atomic mass is 9.99. The fourth-order valence-electron chi connectivity index (χ4n) is 2.49. The van der Waals surface area contributed by atoms with Crippen LogP contribution in [-0.4, -0.2) is 16.3 Å². The van der Waals surface area contributed by atoms with Gasteiger partial charge < -0.3 is 5.32 Å². The van der Waals surface area contributed by atoms with E-state index in [-0.39, 0.29) is 0 Å². The van der Waals surface area contributed by atoms with Crippen LogP contribution >= 0.6 is 0 Å². The average molecular weight is 257 g/mol. The quantitative estimate of drug-likeness (QED) is 0.891. The van der Waals surface area contributed by atoms with Gasteiger partial charge in [0.05, 0.1) is 18.3 Å². The van der Waals surface area contributed by atoms with Crippen LogP contribution in [0.25, 0.3) is 0 Å². The maximum atomic E-state index is 4.48. The van der Waals surface area contributed by atoms with Crippen molar-refractivity contribution in [3.8, 4) is 0 Å². The molecule has 1 aromatic heterocycles. The molecule has 0 saturated heterocycles. The molecule has 1 N–H and O–H groups in total. The highest BCUT2D eigenvalue weighted by Gasteiger charge is 2.13. The highest BCUT2D eigenvalue weighted by Crippen LogP contribution is 2.20. The molecule has 1 unspecified atom stereocenters. The molecule has 1 atom stereocenters. The topological polar surface area (TPSA) is 29.9 Å². The molecule has 2 aromatic rings. The van der Waals surface area contributed by atoms with E-state index < -0.39 is 0 Å². The van der Waals surface area contributed by atoms with Crippen molar-refractivity contribution in [1.82, 2.24) is 15.1 Å². The molecule has 3 heteroatoms. The van der Waals surface area contributed by atoms with Crippen LogP contribution in [0.15, 0.2) is 30.5 Å². The Kier molecular flexibility index (Phi) is 4.38. The first-order chi connectivity index (χ1) is 9.10. The van der Waals surface area contributed by atoms with Gasteiger partial charge in [-0.1, -0.05) is 30.7 Å². The molecule has 19 heavy (non-hydrogen) atoms. The van der Waals surface area contributed by atoms with Crippen molar-refractivity contribution in [2.75, 3.05) is 6.54 Å². The Hall–Kier alpha value is -1.61. The number of rotatable bonds is 5. The van der Waals surface area contributed by atoms with Gasteiger partial charge in [0.2, 0.25) is 0 Å². The smallest absolute Gasteiger partial charge is 0.0604 e. The van der Waals surface area contributed by atoms with Gasteiger partial charge in [0.15, 0.2) is 0 Å². The molecule has 102 valence electrons. The van der Waals surface area contributed by atoms with E-state index in [0.717, 1.165) is 18.8 Å². The minimum atomic E-state index is 0.310. The molecular weight excluding hydrogens is 234 g/mol. The van der Waals surface area contributed by atoms with Crippen LogP contribution in [0.3, 0.4) is 0 Å². The fourth-order valence-corrected chi connectivity index (χ4v) is 2.49. The lowest BCUT2D eigenvalue weighted by molar-refractivity contribution is 0.445. The molecule has 0 saturated carbocycles. The van der Waals surface area contributed by atoms with Crippen molar-refractivity contribution in [3.63, 3.8) is 0 Å². The zero-order valence-electron chi connectivity index (χ0n) is 12.3. The zero-order valence-corrected chi connectivity index (χ0v) is 12.3. The number of nitrogens with one attached hydrogen (secondary N) is 1. The monoisotopic (exact) mass is 257 g/mol. The number of aryl methyl sites for hydroxylation is 3. The number of aromatic nitrogens is 2. The van der Waals surface area contributed by atoms with Crippen LogP contribution in [0, 0.1) is 20.8 Å². The van der Waals surface area contributed by atoms with E-state index in [1.807, 2.05) is 23.9 Å². The number of likely N-dealkylation sites (N-methyl/N-ethyl adjacent to an activating group) is 1. The molecule has 2 rings (SSSR count). The van der Waals surface area contributed by atoms with Crippen LogP contribution in [0.2, 0.25) is 0 Å². The second-order valence-corrected chi connectivity index (χ2v) is 5.15. The summed E-state index contributed by atoms with van der Waals surface area (Å²) in [5, 5.41) is 8.04. The molecular formula is C16H23N3. The summed E-state index contributed by atoms with van der Waals surface area (Å²) in [6.45, 7) is 10.3. The summed E-state index contributed by atoms with van der Waals surface area (Å²) in [5.41, 5.74) is 5.08. The highest BCUT2D eigenvalue weighted by atomic mass is 15.3. The van der Waals surface area contributed by atoms with E-state index in [9.17, 15) is 0 Å². The van der Waals surface area contributed by atoms with Gasteiger partial charge in [-0.15, -0.1) is 0 Å². The second kappa shape index (κ2) is 6.02. The Labute approximate surface area is 115 Å². The third kappa shape index (κ3) is 3.44. The fraction of sp³-hybridized carbons (Fsp3) is 0.438. The van der Waals surface area contributed by atoms with Crippen LogP contribution in [0.1, 0.15) is 35.3 Å². The maximum absolute atomic E-state index is 4.48. The summed E-state index contributed by atoms with van der Waals surface area (Å²) in [5.74, 6) is 0. The van der Waals surface area contributed by atoms with Gasteiger partial charge in [-0.25, -0.2) is 0 Å². The Morgan fingerprint density at radius 3 is 2.58 bits per heavy atom. The van der Waals surface area contributed by atoms with Crippen LogP contribution < -0.4 is 5.32 Å². The lowest BCUT2D eigenvalue weighted by Gasteiger charge is -2.21. The Morgan fingerprint density at radius 2 is 2.00 bits per heavy atom. The van der Waals surface area contributed by atoms with Gasteiger partial charge in [0.25, 0.3) is 0 Å². The number of nitrogens with zero attached hydrogens (tertiary/aromatic N) is 2. The standard InChI is InChI=1S/C16H23N3/c1-5-17-16(11-19-9-8-14(4)18-19)15-7-6-12(2)10-13(15)3/h6-10,16-17H,5,11H2,1-4H3. The van der Waals surface area contributed by atoms with E-state index in [0.29, 0.717) is 6.04 Å². The molecule has 0 spiro atoms. The molecule has 1 heterocycles. The summed E-state index contributed by atoms with van der Waals surface area (Å²) < 4.78 is 2.02. The summed E-state index contributed by atoms with van der Waals surface area (Å²) in [6.07, 6.45) is 2.04. The van der Waals surface area contributed by atoms with Crippen molar-refractivity contribution in [2.24, 2.45) is 0 Å². The van der Waals surface area contributed by atoms with Crippen molar-refractivity contribution in [1.29, 1.82) is 0 Å². The Morgan fingerprint density at radius 1 is 1.21 bits per heavy atom. The SMILES string of the molecule is CCNC(Cn1ccc(C)n1)c1ccc(C)cc1C.